The number of hydrogen-bond donors (Lipinski definition) is 2. The summed E-state index contributed by atoms with van der Waals surface area (Å²) in [7, 11) is 3.58. The Labute approximate surface area is 190 Å². The molecule has 0 aliphatic carbocycles. The third-order valence-electron chi connectivity index (χ3n) is 6.10. The molecule has 1 fully saturated rings. The van der Waals surface area contributed by atoms with Crippen LogP contribution in [-0.2, 0) is 4.79 Å². The Hall–Kier alpha value is -3.29. The number of methoxy groups -OCH3 is 1. The molecule has 2 aliphatic heterocycles. The maximum Gasteiger partial charge on any atom is 0.260 e. The Bertz CT molecular complexity index is 1230. The summed E-state index contributed by atoms with van der Waals surface area (Å²) in [4.78, 5) is 15.0. The summed E-state index contributed by atoms with van der Waals surface area (Å²) >= 11 is 6.56. The lowest BCUT2D eigenvalue weighted by atomic mass is 9.94. The van der Waals surface area contributed by atoms with Crippen molar-refractivity contribution in [1.82, 2.24) is 10.1 Å². The molecule has 7 nitrogen and oxygen atoms in total. The normalized spacial score (nSPS) is 19.7. The second-order valence-electron chi connectivity index (χ2n) is 8.16. The number of aliphatic hydroxyl groups excluding tert-OH is 1. The minimum absolute atomic E-state index is 0.0437. The summed E-state index contributed by atoms with van der Waals surface area (Å²) in [6.45, 7) is 2.17. The summed E-state index contributed by atoms with van der Waals surface area (Å²) in [5, 5.41) is 17.7. The van der Waals surface area contributed by atoms with Crippen molar-refractivity contribution < 1.29 is 19.2 Å². The number of carbonyl (C=O) groups is 1. The number of ether oxygens (including phenoxy) is 1. The van der Waals surface area contributed by atoms with Gasteiger partial charge in [-0.25, -0.2) is 0 Å². The van der Waals surface area contributed by atoms with E-state index in [1.54, 1.807) is 6.07 Å². The van der Waals surface area contributed by atoms with E-state index in [-0.39, 0.29) is 23.0 Å². The maximum atomic E-state index is 12.6. The van der Waals surface area contributed by atoms with Gasteiger partial charge in [0.05, 0.1) is 29.5 Å². The molecule has 0 spiro atoms. The van der Waals surface area contributed by atoms with Crippen molar-refractivity contribution in [3.8, 4) is 17.0 Å². The molecule has 3 heterocycles. The average molecular weight is 452 g/mol. The predicted molar refractivity (Wildman–Crippen MR) is 123 cm³/mol. The zero-order valence-electron chi connectivity index (χ0n) is 17.7. The average Bonchev–Trinajstić information content (AvgIpc) is 3.51. The van der Waals surface area contributed by atoms with Gasteiger partial charge in [0, 0.05) is 17.7 Å². The molecule has 1 aromatic heterocycles. The number of aliphatic hydroxyl groups is 1. The summed E-state index contributed by atoms with van der Waals surface area (Å²) in [5.41, 5.74) is 4.20. The van der Waals surface area contributed by atoms with E-state index < -0.39 is 5.91 Å². The van der Waals surface area contributed by atoms with Crippen molar-refractivity contribution >= 4 is 34.5 Å². The molecule has 2 aromatic carbocycles. The molecule has 2 aliphatic rings. The van der Waals surface area contributed by atoms with Gasteiger partial charge in [0.1, 0.15) is 0 Å². The van der Waals surface area contributed by atoms with Crippen molar-refractivity contribution in [3.05, 3.63) is 64.4 Å². The molecule has 0 saturated carbocycles. The number of halogens is 1. The number of benzene rings is 2. The number of nitrogens with one attached hydrogen (secondary N) is 1. The fourth-order valence-corrected chi connectivity index (χ4v) is 4.65. The molecule has 8 heteroatoms. The first kappa shape index (κ1) is 20.6. The second kappa shape index (κ2) is 8.00. The molecule has 3 aromatic rings. The standard InChI is InChI=1S/C24H22ClN3O4/c1-28-8-7-15(12-28)13-3-5-14(6-4-13)16-9-17-19(10-18(16)25)26-24(30)22(17)23(29)20-11-21(31-2)27-32-20/h3-6,9-11,15,29H,7-8,12H2,1-2H3,(H,26,30). The SMILES string of the molecule is COc1cc(C(O)=C2C(=O)Nc3cc(Cl)c(-c4ccc(C5CCN(C)C5)cc4)cc32)on1. The zero-order valence-corrected chi connectivity index (χ0v) is 18.4. The topological polar surface area (TPSA) is 87.8 Å². The van der Waals surface area contributed by atoms with Crippen LogP contribution in [0, 0.1) is 0 Å². The van der Waals surface area contributed by atoms with Gasteiger partial charge in [0.15, 0.2) is 5.76 Å². The fourth-order valence-electron chi connectivity index (χ4n) is 4.38. The number of amides is 1. The van der Waals surface area contributed by atoms with E-state index in [1.807, 2.05) is 6.07 Å². The van der Waals surface area contributed by atoms with Crippen LogP contribution in [-0.4, -0.2) is 48.3 Å². The van der Waals surface area contributed by atoms with Gasteiger partial charge in [-0.15, -0.1) is 0 Å². The second-order valence-corrected chi connectivity index (χ2v) is 8.57. The highest BCUT2D eigenvalue weighted by molar-refractivity contribution is 6.38. The Morgan fingerprint density at radius 1 is 1.25 bits per heavy atom. The van der Waals surface area contributed by atoms with Crippen LogP contribution in [0.4, 0.5) is 5.69 Å². The Balaban J connectivity index is 1.53. The van der Waals surface area contributed by atoms with Crippen molar-refractivity contribution in [2.45, 2.75) is 12.3 Å². The summed E-state index contributed by atoms with van der Waals surface area (Å²) in [6, 6.07) is 13.3. The number of fused-ring (bicyclic) bond motifs is 1. The molecule has 32 heavy (non-hydrogen) atoms. The number of likely N-dealkylation sites (tertiary alicyclic amines) is 1. The third kappa shape index (κ3) is 3.53. The Morgan fingerprint density at radius 2 is 2.03 bits per heavy atom. The highest BCUT2D eigenvalue weighted by atomic mass is 35.5. The quantitative estimate of drug-likeness (QED) is 0.437. The number of hydrogen-bond acceptors (Lipinski definition) is 6. The number of likely N-dealkylation sites (N-methyl/N-ethyl adjacent to an activating group) is 1. The molecule has 1 saturated heterocycles. The Kier molecular flexibility index (Phi) is 5.15. The third-order valence-corrected chi connectivity index (χ3v) is 6.42. The molecule has 2 N–H and O–H groups in total. The first-order chi connectivity index (χ1) is 15.4. The summed E-state index contributed by atoms with van der Waals surface area (Å²) in [6.07, 6.45) is 1.16. The van der Waals surface area contributed by atoms with E-state index >= 15 is 0 Å². The predicted octanol–water partition coefficient (Wildman–Crippen LogP) is 4.80. The number of nitrogens with zero attached hydrogens (tertiary/aromatic N) is 2. The van der Waals surface area contributed by atoms with E-state index in [0.29, 0.717) is 22.2 Å². The molecule has 1 atom stereocenters. The van der Waals surface area contributed by atoms with Gasteiger partial charge in [-0.3, -0.25) is 4.79 Å². The zero-order chi connectivity index (χ0) is 22.4. The van der Waals surface area contributed by atoms with Gasteiger partial charge in [0.2, 0.25) is 5.76 Å². The van der Waals surface area contributed by atoms with E-state index in [9.17, 15) is 9.90 Å². The van der Waals surface area contributed by atoms with Gasteiger partial charge < -0.3 is 24.6 Å². The number of rotatable bonds is 4. The molecule has 164 valence electrons. The molecular weight excluding hydrogens is 430 g/mol. The van der Waals surface area contributed by atoms with Crippen molar-refractivity contribution in [3.63, 3.8) is 0 Å². The van der Waals surface area contributed by atoms with Gasteiger partial charge in [-0.1, -0.05) is 35.9 Å². The fraction of sp³-hybridized carbons (Fsp3) is 0.250. The summed E-state index contributed by atoms with van der Waals surface area (Å²) in [5.74, 6) is 0.0305. The van der Waals surface area contributed by atoms with Gasteiger partial charge in [-0.2, -0.15) is 0 Å². The smallest absolute Gasteiger partial charge is 0.260 e. The lowest BCUT2D eigenvalue weighted by Gasteiger charge is -2.13. The lowest BCUT2D eigenvalue weighted by Crippen LogP contribution is -2.13. The largest absolute Gasteiger partial charge is 0.504 e. The molecule has 1 amide bonds. The van der Waals surface area contributed by atoms with Crippen LogP contribution in [0.1, 0.15) is 29.2 Å². The van der Waals surface area contributed by atoms with Crippen LogP contribution < -0.4 is 10.1 Å². The van der Waals surface area contributed by atoms with Crippen molar-refractivity contribution in [2.75, 3.05) is 32.6 Å². The summed E-state index contributed by atoms with van der Waals surface area (Å²) < 4.78 is 10.1. The van der Waals surface area contributed by atoms with E-state index in [0.717, 1.165) is 30.6 Å². The van der Waals surface area contributed by atoms with Crippen LogP contribution in [0.25, 0.3) is 22.5 Å². The first-order valence-corrected chi connectivity index (χ1v) is 10.7. The van der Waals surface area contributed by atoms with Gasteiger partial charge in [0.25, 0.3) is 11.8 Å². The maximum absolute atomic E-state index is 12.6. The molecule has 5 rings (SSSR count). The van der Waals surface area contributed by atoms with E-state index in [4.69, 9.17) is 20.9 Å². The molecular formula is C24H22ClN3O4. The highest BCUT2D eigenvalue weighted by Gasteiger charge is 2.31. The van der Waals surface area contributed by atoms with Crippen molar-refractivity contribution in [2.24, 2.45) is 0 Å². The van der Waals surface area contributed by atoms with Crippen molar-refractivity contribution in [1.29, 1.82) is 0 Å². The van der Waals surface area contributed by atoms with Crippen LogP contribution >= 0.6 is 11.6 Å². The number of aromatic nitrogens is 1. The minimum atomic E-state index is -0.443. The highest BCUT2D eigenvalue weighted by Crippen LogP contribution is 2.42. The number of carbonyl (C=O) groups excluding carboxylic acids is 1. The van der Waals surface area contributed by atoms with Crippen LogP contribution in [0.15, 0.2) is 47.0 Å². The minimum Gasteiger partial charge on any atom is -0.504 e. The monoisotopic (exact) mass is 451 g/mol. The van der Waals surface area contributed by atoms with Gasteiger partial charge >= 0.3 is 0 Å². The van der Waals surface area contributed by atoms with Crippen LogP contribution in [0.5, 0.6) is 5.88 Å². The number of anilines is 1. The lowest BCUT2D eigenvalue weighted by molar-refractivity contribution is -0.110. The molecule has 0 bridgehead atoms. The van der Waals surface area contributed by atoms with E-state index in [1.165, 1.54) is 18.7 Å². The molecule has 1 unspecified atom stereocenters. The molecule has 0 radical (unpaired) electrons. The van der Waals surface area contributed by atoms with Gasteiger partial charge in [-0.05, 0) is 54.3 Å². The Morgan fingerprint density at radius 3 is 2.69 bits per heavy atom. The van der Waals surface area contributed by atoms with E-state index in [2.05, 4.69) is 46.7 Å². The van der Waals surface area contributed by atoms with Crippen LogP contribution in [0.3, 0.4) is 0 Å². The first-order valence-electron chi connectivity index (χ1n) is 10.3. The van der Waals surface area contributed by atoms with Crippen LogP contribution in [0.2, 0.25) is 5.02 Å².